The molecular weight excluding hydrogens is 206 g/mol. The number of anilines is 1. The van der Waals surface area contributed by atoms with E-state index in [2.05, 4.69) is 15.4 Å². The molecule has 0 radical (unpaired) electrons. The zero-order valence-electron chi connectivity index (χ0n) is 7.47. The molecule has 1 amide bonds. The van der Waals surface area contributed by atoms with Crippen LogP contribution in [0.25, 0.3) is 0 Å². The molecule has 0 fully saturated rings. The van der Waals surface area contributed by atoms with Crippen LogP contribution in [0.2, 0.25) is 0 Å². The van der Waals surface area contributed by atoms with E-state index in [1.165, 1.54) is 0 Å². The molecular formula is C6H9N5O4. The van der Waals surface area contributed by atoms with Crippen molar-refractivity contribution < 1.29 is 19.8 Å². The normalized spacial score (nSPS) is 12.1. The van der Waals surface area contributed by atoms with E-state index in [1.807, 2.05) is 5.32 Å². The molecule has 0 saturated carbocycles. The number of nitrogen functional groups attached to an aromatic ring is 1. The van der Waals surface area contributed by atoms with Crippen LogP contribution in [0.1, 0.15) is 10.5 Å². The highest BCUT2D eigenvalue weighted by Crippen LogP contribution is 2.01. The summed E-state index contributed by atoms with van der Waals surface area (Å²) in [6.07, 6.45) is 0. The summed E-state index contributed by atoms with van der Waals surface area (Å²) in [5.74, 6) is -2.31. The number of hydrogen-bond acceptors (Lipinski definition) is 6. The maximum Gasteiger partial charge on any atom is 0.328 e. The molecule has 9 heteroatoms. The van der Waals surface area contributed by atoms with Gasteiger partial charge in [-0.2, -0.15) is 5.21 Å². The number of carbonyl (C=O) groups excluding carboxylic acids is 1. The number of aliphatic hydroxyl groups is 1. The lowest BCUT2D eigenvalue weighted by Crippen LogP contribution is -2.43. The van der Waals surface area contributed by atoms with Crippen molar-refractivity contribution in [2.45, 2.75) is 6.04 Å². The van der Waals surface area contributed by atoms with E-state index in [1.54, 1.807) is 0 Å². The van der Waals surface area contributed by atoms with Gasteiger partial charge in [-0.3, -0.25) is 4.79 Å². The molecule has 0 aliphatic rings. The minimum atomic E-state index is -1.39. The second-order valence-electron chi connectivity index (χ2n) is 2.60. The van der Waals surface area contributed by atoms with Gasteiger partial charge in [-0.15, -0.1) is 10.2 Å². The molecule has 0 saturated heterocycles. The van der Waals surface area contributed by atoms with E-state index in [9.17, 15) is 9.59 Å². The molecule has 1 aromatic rings. The van der Waals surface area contributed by atoms with Crippen molar-refractivity contribution in [3.05, 3.63) is 5.69 Å². The van der Waals surface area contributed by atoms with Gasteiger partial charge in [-0.05, 0) is 0 Å². The van der Waals surface area contributed by atoms with Gasteiger partial charge in [0.15, 0.2) is 17.6 Å². The van der Waals surface area contributed by atoms with Crippen LogP contribution in [0.15, 0.2) is 0 Å². The third-order valence-corrected chi connectivity index (χ3v) is 1.58. The number of aromatic amines is 1. The van der Waals surface area contributed by atoms with E-state index in [-0.39, 0.29) is 11.5 Å². The number of aromatic nitrogens is 3. The summed E-state index contributed by atoms with van der Waals surface area (Å²) in [5.41, 5.74) is 5.05. The van der Waals surface area contributed by atoms with E-state index in [0.29, 0.717) is 0 Å². The van der Waals surface area contributed by atoms with Crippen LogP contribution in [-0.2, 0) is 4.79 Å². The van der Waals surface area contributed by atoms with Crippen molar-refractivity contribution in [3.8, 4) is 0 Å². The minimum absolute atomic E-state index is 0.144. The third-order valence-electron chi connectivity index (χ3n) is 1.58. The summed E-state index contributed by atoms with van der Waals surface area (Å²) in [4.78, 5) is 21.8. The Balaban J connectivity index is 2.71. The number of carbonyl (C=O) groups is 2. The molecule has 0 bridgehead atoms. The van der Waals surface area contributed by atoms with Gasteiger partial charge in [0.1, 0.15) is 0 Å². The summed E-state index contributed by atoms with van der Waals surface area (Å²) in [7, 11) is 0. The van der Waals surface area contributed by atoms with Crippen molar-refractivity contribution >= 4 is 17.7 Å². The molecule has 15 heavy (non-hydrogen) atoms. The van der Waals surface area contributed by atoms with Crippen LogP contribution in [0.3, 0.4) is 0 Å². The number of H-pyrrole nitrogens is 1. The second-order valence-corrected chi connectivity index (χ2v) is 2.60. The lowest BCUT2D eigenvalue weighted by atomic mass is 10.3. The van der Waals surface area contributed by atoms with Crippen molar-refractivity contribution in [2.24, 2.45) is 0 Å². The smallest absolute Gasteiger partial charge is 0.328 e. The van der Waals surface area contributed by atoms with Gasteiger partial charge in [-0.1, -0.05) is 0 Å². The first-order chi connectivity index (χ1) is 7.06. The fourth-order valence-corrected chi connectivity index (χ4v) is 0.818. The first kappa shape index (κ1) is 10.9. The molecule has 1 atom stereocenters. The van der Waals surface area contributed by atoms with Crippen LogP contribution < -0.4 is 11.1 Å². The van der Waals surface area contributed by atoms with Crippen molar-refractivity contribution in [1.29, 1.82) is 0 Å². The Morgan fingerprint density at radius 3 is 2.60 bits per heavy atom. The van der Waals surface area contributed by atoms with Gasteiger partial charge >= 0.3 is 5.97 Å². The predicted octanol–water partition coefficient (Wildman–Crippen LogP) is -2.44. The molecule has 82 valence electrons. The Bertz CT molecular complexity index is 375. The minimum Gasteiger partial charge on any atom is -0.480 e. The fourth-order valence-electron chi connectivity index (χ4n) is 0.818. The van der Waals surface area contributed by atoms with E-state index >= 15 is 0 Å². The number of amides is 1. The highest BCUT2D eigenvalue weighted by molar-refractivity contribution is 5.98. The van der Waals surface area contributed by atoms with E-state index < -0.39 is 24.5 Å². The van der Waals surface area contributed by atoms with Crippen LogP contribution >= 0.6 is 0 Å². The number of nitrogens with zero attached hydrogens (tertiary/aromatic N) is 2. The number of hydrogen-bond donors (Lipinski definition) is 5. The van der Waals surface area contributed by atoms with E-state index in [0.717, 1.165) is 0 Å². The summed E-state index contributed by atoms with van der Waals surface area (Å²) in [6, 6.07) is -1.39. The number of aliphatic hydroxyl groups excluding tert-OH is 1. The molecule has 0 aliphatic heterocycles. The number of nitrogens with two attached hydrogens (primary N) is 1. The van der Waals surface area contributed by atoms with Crippen LogP contribution in [0, 0.1) is 0 Å². The summed E-state index contributed by atoms with van der Waals surface area (Å²) in [5, 5.41) is 28.1. The number of carboxylic acid groups (broad SMARTS) is 1. The van der Waals surface area contributed by atoms with Gasteiger partial charge in [0, 0.05) is 0 Å². The van der Waals surface area contributed by atoms with Crippen molar-refractivity contribution in [3.63, 3.8) is 0 Å². The SMILES string of the molecule is Nc1n[nH]nc1C(=O)NC(CO)C(=O)O. The topological polar surface area (TPSA) is 154 Å². The third kappa shape index (κ3) is 2.40. The first-order valence-electron chi connectivity index (χ1n) is 3.87. The van der Waals surface area contributed by atoms with Crippen molar-refractivity contribution in [2.75, 3.05) is 12.3 Å². The van der Waals surface area contributed by atoms with Gasteiger partial charge in [0.2, 0.25) is 0 Å². The fraction of sp³-hybridized carbons (Fsp3) is 0.333. The van der Waals surface area contributed by atoms with Gasteiger partial charge < -0.3 is 21.3 Å². The molecule has 1 rings (SSSR count). The number of rotatable bonds is 4. The zero-order chi connectivity index (χ0) is 11.4. The molecule has 0 spiro atoms. The average molecular weight is 215 g/mol. The van der Waals surface area contributed by atoms with Crippen LogP contribution in [0.4, 0.5) is 5.82 Å². The summed E-state index contributed by atoms with van der Waals surface area (Å²) in [6.45, 7) is -0.723. The second kappa shape index (κ2) is 4.37. The Morgan fingerprint density at radius 1 is 1.53 bits per heavy atom. The van der Waals surface area contributed by atoms with Gasteiger partial charge in [0.05, 0.1) is 6.61 Å². The van der Waals surface area contributed by atoms with Crippen LogP contribution in [0.5, 0.6) is 0 Å². The Hall–Kier alpha value is -2.16. The molecule has 0 aromatic carbocycles. The zero-order valence-corrected chi connectivity index (χ0v) is 7.47. The van der Waals surface area contributed by atoms with E-state index in [4.69, 9.17) is 15.9 Å². The standard InChI is InChI=1S/C6H9N5O4/c7-4-3(9-11-10-4)5(13)8-2(1-12)6(14)15/h2,12H,1H2,(H,8,13)(H,14,15)(H3,7,9,10,11). The lowest BCUT2D eigenvalue weighted by Gasteiger charge is -2.09. The Kier molecular flexibility index (Phi) is 3.18. The molecule has 9 nitrogen and oxygen atoms in total. The molecule has 1 unspecified atom stereocenters. The monoisotopic (exact) mass is 215 g/mol. The summed E-state index contributed by atoms with van der Waals surface area (Å²) < 4.78 is 0. The molecule has 0 aliphatic carbocycles. The number of carboxylic acids is 1. The lowest BCUT2D eigenvalue weighted by molar-refractivity contribution is -0.140. The average Bonchev–Trinajstić information content (AvgIpc) is 2.60. The Morgan fingerprint density at radius 2 is 2.20 bits per heavy atom. The maximum atomic E-state index is 11.3. The highest BCUT2D eigenvalue weighted by Gasteiger charge is 2.22. The molecule has 6 N–H and O–H groups in total. The number of aliphatic carboxylic acids is 1. The first-order valence-corrected chi connectivity index (χ1v) is 3.87. The van der Waals surface area contributed by atoms with Crippen molar-refractivity contribution in [1.82, 2.24) is 20.7 Å². The largest absolute Gasteiger partial charge is 0.480 e. The quantitative estimate of drug-likeness (QED) is 0.373. The van der Waals surface area contributed by atoms with Gasteiger partial charge in [-0.25, -0.2) is 4.79 Å². The van der Waals surface area contributed by atoms with Crippen LogP contribution in [-0.4, -0.2) is 50.1 Å². The van der Waals surface area contributed by atoms with Gasteiger partial charge in [0.25, 0.3) is 5.91 Å². The Labute approximate surface area is 83.3 Å². The predicted molar refractivity (Wildman–Crippen MR) is 46.8 cm³/mol. The highest BCUT2D eigenvalue weighted by atomic mass is 16.4. The summed E-state index contributed by atoms with van der Waals surface area (Å²) >= 11 is 0. The molecule has 1 heterocycles. The maximum absolute atomic E-state index is 11.3. The number of nitrogens with one attached hydrogen (secondary N) is 2. The molecule has 1 aromatic heterocycles.